The highest BCUT2D eigenvalue weighted by Gasteiger charge is 2.16. The Balaban J connectivity index is 1.52. The molecule has 0 aliphatic carbocycles. The Morgan fingerprint density at radius 2 is 1.64 bits per heavy atom. The monoisotopic (exact) mass is 376 g/mol. The standard InChI is InChI=1S/C23H24N2O3/c1-3-17-11-13-20(14-12-17)28-16(2)23(27)25-24-22(26)15-19-9-6-8-18-7-4-5-10-21(18)19/h4-14,16H,3,15H2,1-2H3,(H,24,26)(H,25,27). The van der Waals surface area contributed by atoms with E-state index >= 15 is 0 Å². The average molecular weight is 376 g/mol. The van der Waals surface area contributed by atoms with E-state index in [0.717, 1.165) is 22.8 Å². The van der Waals surface area contributed by atoms with Crippen LogP contribution in [-0.2, 0) is 22.4 Å². The van der Waals surface area contributed by atoms with Crippen LogP contribution in [0.4, 0.5) is 0 Å². The first-order chi connectivity index (χ1) is 13.6. The van der Waals surface area contributed by atoms with Gasteiger partial charge in [-0.15, -0.1) is 0 Å². The molecule has 0 radical (unpaired) electrons. The highest BCUT2D eigenvalue weighted by Crippen LogP contribution is 2.18. The van der Waals surface area contributed by atoms with Crippen molar-refractivity contribution in [3.8, 4) is 5.75 Å². The second-order valence-corrected chi connectivity index (χ2v) is 6.61. The summed E-state index contributed by atoms with van der Waals surface area (Å²) in [5.74, 6) is -0.0861. The van der Waals surface area contributed by atoms with E-state index in [1.54, 1.807) is 6.92 Å². The number of carbonyl (C=O) groups excluding carboxylic acids is 2. The molecule has 2 N–H and O–H groups in total. The molecule has 0 saturated heterocycles. The minimum absolute atomic E-state index is 0.176. The average Bonchev–Trinajstić information content (AvgIpc) is 2.73. The van der Waals surface area contributed by atoms with Gasteiger partial charge in [-0.05, 0) is 47.4 Å². The minimum atomic E-state index is -0.731. The number of rotatable bonds is 6. The van der Waals surface area contributed by atoms with Gasteiger partial charge in [0.15, 0.2) is 6.10 Å². The summed E-state index contributed by atoms with van der Waals surface area (Å²) in [6.07, 6.45) is 0.388. The molecule has 3 rings (SSSR count). The van der Waals surface area contributed by atoms with Gasteiger partial charge in [0.25, 0.3) is 5.91 Å². The minimum Gasteiger partial charge on any atom is -0.481 e. The number of hydrazine groups is 1. The van der Waals surface area contributed by atoms with E-state index in [0.29, 0.717) is 5.75 Å². The summed E-state index contributed by atoms with van der Waals surface area (Å²) in [5.41, 5.74) is 7.00. The molecular weight excluding hydrogens is 352 g/mol. The van der Waals surface area contributed by atoms with Crippen LogP contribution in [-0.4, -0.2) is 17.9 Å². The summed E-state index contributed by atoms with van der Waals surface area (Å²) in [7, 11) is 0. The van der Waals surface area contributed by atoms with E-state index in [4.69, 9.17) is 4.74 Å². The summed E-state index contributed by atoms with van der Waals surface area (Å²) >= 11 is 0. The van der Waals surface area contributed by atoms with Crippen LogP contribution in [0.2, 0.25) is 0 Å². The maximum absolute atomic E-state index is 12.2. The SMILES string of the molecule is CCc1ccc(OC(C)C(=O)NNC(=O)Cc2cccc3ccccc23)cc1. The fourth-order valence-corrected chi connectivity index (χ4v) is 2.96. The Kier molecular flexibility index (Phi) is 6.27. The lowest BCUT2D eigenvalue weighted by molar-refractivity contribution is -0.132. The largest absolute Gasteiger partial charge is 0.481 e. The van der Waals surface area contributed by atoms with Crippen molar-refractivity contribution in [3.05, 3.63) is 77.9 Å². The Labute approximate surface area is 164 Å². The molecule has 5 nitrogen and oxygen atoms in total. The zero-order chi connectivity index (χ0) is 19.9. The van der Waals surface area contributed by atoms with Crippen molar-refractivity contribution in [2.45, 2.75) is 32.8 Å². The Morgan fingerprint density at radius 1 is 0.929 bits per heavy atom. The van der Waals surface area contributed by atoms with Crippen molar-refractivity contribution in [3.63, 3.8) is 0 Å². The molecule has 1 unspecified atom stereocenters. The van der Waals surface area contributed by atoms with Gasteiger partial charge in [-0.1, -0.05) is 61.5 Å². The molecule has 0 aromatic heterocycles. The third kappa shape index (κ3) is 4.88. The number of amides is 2. The Hall–Kier alpha value is -3.34. The van der Waals surface area contributed by atoms with Crippen LogP contribution in [0.15, 0.2) is 66.7 Å². The summed E-state index contributed by atoms with van der Waals surface area (Å²) in [5, 5.41) is 2.10. The molecule has 1 atom stereocenters. The predicted molar refractivity (Wildman–Crippen MR) is 110 cm³/mol. The quantitative estimate of drug-likeness (QED) is 0.647. The summed E-state index contributed by atoms with van der Waals surface area (Å²) in [4.78, 5) is 24.4. The second kappa shape index (κ2) is 9.04. The molecule has 0 heterocycles. The van der Waals surface area contributed by atoms with Gasteiger partial charge in [0, 0.05) is 0 Å². The Morgan fingerprint density at radius 3 is 2.39 bits per heavy atom. The van der Waals surface area contributed by atoms with Crippen LogP contribution in [0, 0.1) is 0 Å². The fourth-order valence-electron chi connectivity index (χ4n) is 2.96. The molecule has 0 aliphatic rings. The van der Waals surface area contributed by atoms with E-state index in [1.165, 1.54) is 5.56 Å². The molecule has 0 fully saturated rings. The van der Waals surface area contributed by atoms with Gasteiger partial charge in [-0.25, -0.2) is 0 Å². The number of hydrogen-bond acceptors (Lipinski definition) is 3. The summed E-state index contributed by atoms with van der Waals surface area (Å²) < 4.78 is 5.62. The molecule has 5 heteroatoms. The Bertz CT molecular complexity index is 962. The van der Waals surface area contributed by atoms with Gasteiger partial charge in [0.05, 0.1) is 6.42 Å². The first-order valence-electron chi connectivity index (χ1n) is 9.37. The van der Waals surface area contributed by atoms with Crippen LogP contribution in [0.25, 0.3) is 10.8 Å². The second-order valence-electron chi connectivity index (χ2n) is 6.61. The van der Waals surface area contributed by atoms with Crippen LogP contribution in [0.5, 0.6) is 5.75 Å². The lowest BCUT2D eigenvalue weighted by Crippen LogP contribution is -2.47. The van der Waals surface area contributed by atoms with Crippen LogP contribution >= 0.6 is 0 Å². The molecular formula is C23H24N2O3. The third-order valence-electron chi connectivity index (χ3n) is 4.57. The van der Waals surface area contributed by atoms with Gasteiger partial charge in [0.1, 0.15) is 5.75 Å². The molecule has 28 heavy (non-hydrogen) atoms. The van der Waals surface area contributed by atoms with Crippen molar-refractivity contribution in [2.75, 3.05) is 0 Å². The molecule has 0 spiro atoms. The van der Waals surface area contributed by atoms with Crippen molar-refractivity contribution in [2.24, 2.45) is 0 Å². The molecule has 0 saturated carbocycles. The van der Waals surface area contributed by atoms with Gasteiger partial charge in [-0.2, -0.15) is 0 Å². The molecule has 3 aromatic rings. The molecule has 0 aliphatic heterocycles. The number of aryl methyl sites for hydroxylation is 1. The first-order valence-corrected chi connectivity index (χ1v) is 9.37. The normalized spacial score (nSPS) is 11.6. The number of fused-ring (bicyclic) bond motifs is 1. The molecule has 0 bridgehead atoms. The topological polar surface area (TPSA) is 67.4 Å². The highest BCUT2D eigenvalue weighted by molar-refractivity contribution is 5.91. The highest BCUT2D eigenvalue weighted by atomic mass is 16.5. The van der Waals surface area contributed by atoms with Gasteiger partial charge in [0.2, 0.25) is 5.91 Å². The van der Waals surface area contributed by atoms with E-state index in [2.05, 4.69) is 17.8 Å². The smallest absolute Gasteiger partial charge is 0.279 e. The van der Waals surface area contributed by atoms with Gasteiger partial charge >= 0.3 is 0 Å². The lowest BCUT2D eigenvalue weighted by atomic mass is 10.0. The van der Waals surface area contributed by atoms with Crippen LogP contribution < -0.4 is 15.6 Å². The zero-order valence-electron chi connectivity index (χ0n) is 16.1. The number of hydrogen-bond donors (Lipinski definition) is 2. The van der Waals surface area contributed by atoms with Crippen molar-refractivity contribution < 1.29 is 14.3 Å². The third-order valence-corrected chi connectivity index (χ3v) is 4.57. The summed E-state index contributed by atoms with van der Waals surface area (Å²) in [6.45, 7) is 3.72. The predicted octanol–water partition coefficient (Wildman–Crippen LogP) is 3.56. The van der Waals surface area contributed by atoms with E-state index < -0.39 is 12.0 Å². The van der Waals surface area contributed by atoms with Gasteiger partial charge in [-0.3, -0.25) is 20.4 Å². The number of ether oxygens (including phenoxy) is 1. The molecule has 2 amide bonds. The molecule has 144 valence electrons. The fraction of sp³-hybridized carbons (Fsp3) is 0.217. The first kappa shape index (κ1) is 19.4. The number of carbonyl (C=O) groups is 2. The maximum atomic E-state index is 12.2. The lowest BCUT2D eigenvalue weighted by Gasteiger charge is -2.15. The van der Waals surface area contributed by atoms with E-state index in [9.17, 15) is 9.59 Å². The number of nitrogens with one attached hydrogen (secondary N) is 2. The van der Waals surface area contributed by atoms with Crippen LogP contribution in [0.1, 0.15) is 25.0 Å². The van der Waals surface area contributed by atoms with Crippen molar-refractivity contribution in [1.82, 2.24) is 10.9 Å². The zero-order valence-corrected chi connectivity index (χ0v) is 16.1. The van der Waals surface area contributed by atoms with E-state index in [1.807, 2.05) is 66.7 Å². The maximum Gasteiger partial charge on any atom is 0.279 e. The van der Waals surface area contributed by atoms with Gasteiger partial charge < -0.3 is 4.74 Å². The summed E-state index contributed by atoms with van der Waals surface area (Å²) in [6, 6.07) is 21.3. The van der Waals surface area contributed by atoms with Crippen molar-refractivity contribution >= 4 is 22.6 Å². The van der Waals surface area contributed by atoms with Crippen LogP contribution in [0.3, 0.4) is 0 Å². The molecule has 3 aromatic carbocycles. The number of benzene rings is 3. The van der Waals surface area contributed by atoms with Crippen molar-refractivity contribution in [1.29, 1.82) is 0 Å². The van der Waals surface area contributed by atoms with E-state index in [-0.39, 0.29) is 12.3 Å².